The van der Waals surface area contributed by atoms with E-state index in [1.54, 1.807) is 16.6 Å². The summed E-state index contributed by atoms with van der Waals surface area (Å²) in [7, 11) is 0. The Morgan fingerprint density at radius 3 is 2.70 bits per heavy atom. The highest BCUT2D eigenvalue weighted by Crippen LogP contribution is 2.20. The van der Waals surface area contributed by atoms with Crippen LogP contribution in [0.3, 0.4) is 0 Å². The summed E-state index contributed by atoms with van der Waals surface area (Å²) in [5.74, 6) is 1.51. The van der Waals surface area contributed by atoms with Gasteiger partial charge in [-0.15, -0.1) is 5.10 Å². The fraction of sp³-hybridized carbons (Fsp3) is 0.154. The molecule has 0 saturated heterocycles. The zero-order chi connectivity index (χ0) is 14.1. The van der Waals surface area contributed by atoms with Gasteiger partial charge < -0.3 is 10.4 Å². The summed E-state index contributed by atoms with van der Waals surface area (Å²) in [6.45, 7) is 1.66. The molecule has 0 saturated carbocycles. The van der Waals surface area contributed by atoms with Gasteiger partial charge in [-0.25, -0.2) is 4.98 Å². The van der Waals surface area contributed by atoms with Crippen molar-refractivity contribution in [2.24, 2.45) is 0 Å². The summed E-state index contributed by atoms with van der Waals surface area (Å²) in [5, 5.41) is 17.2. The Kier molecular flexibility index (Phi) is 3.25. The summed E-state index contributed by atoms with van der Waals surface area (Å²) in [6.07, 6.45) is 0. The second-order valence-corrected chi connectivity index (χ2v) is 4.75. The number of hydrogen-bond donors (Lipinski definition) is 2. The quantitative estimate of drug-likeness (QED) is 0.774. The van der Waals surface area contributed by atoms with E-state index in [0.717, 1.165) is 17.2 Å². The van der Waals surface area contributed by atoms with E-state index in [2.05, 4.69) is 20.4 Å². The van der Waals surface area contributed by atoms with Gasteiger partial charge in [0.2, 0.25) is 0 Å². The van der Waals surface area contributed by atoms with Gasteiger partial charge >= 0.3 is 0 Å². The van der Waals surface area contributed by atoms with Crippen LogP contribution in [-0.4, -0.2) is 24.7 Å². The highest BCUT2D eigenvalue weighted by molar-refractivity contribution is 6.30. The predicted molar refractivity (Wildman–Crippen MR) is 76.2 cm³/mol. The van der Waals surface area contributed by atoms with Crippen molar-refractivity contribution < 1.29 is 5.11 Å². The third kappa shape index (κ3) is 2.43. The summed E-state index contributed by atoms with van der Waals surface area (Å²) in [4.78, 5) is 8.42. The Morgan fingerprint density at radius 2 is 2.00 bits per heavy atom. The maximum atomic E-state index is 9.12. The standard InChI is InChI=1S/C13H12ClN5O/c1-8-6-12(16-10-4-2-9(14)3-5-10)19-13(15-8)17-11(7-20)18-19/h2-6,16,20H,7H2,1H3. The second kappa shape index (κ2) is 5.07. The third-order valence-electron chi connectivity index (χ3n) is 2.74. The number of hydrogen-bond acceptors (Lipinski definition) is 5. The number of anilines is 2. The molecule has 3 aromatic rings. The maximum absolute atomic E-state index is 9.12. The van der Waals surface area contributed by atoms with Crippen LogP contribution in [0.2, 0.25) is 5.02 Å². The molecule has 0 bridgehead atoms. The molecule has 0 aliphatic heterocycles. The summed E-state index contributed by atoms with van der Waals surface area (Å²) in [5.41, 5.74) is 1.69. The number of fused-ring (bicyclic) bond motifs is 1. The number of benzene rings is 1. The molecule has 2 aromatic heterocycles. The molecule has 0 atom stereocenters. The van der Waals surface area contributed by atoms with Crippen LogP contribution < -0.4 is 5.32 Å². The van der Waals surface area contributed by atoms with Crippen LogP contribution in [0, 0.1) is 6.92 Å². The smallest absolute Gasteiger partial charge is 0.254 e. The lowest BCUT2D eigenvalue weighted by Gasteiger charge is -2.08. The van der Waals surface area contributed by atoms with Crippen molar-refractivity contribution in [1.82, 2.24) is 19.6 Å². The fourth-order valence-electron chi connectivity index (χ4n) is 1.87. The van der Waals surface area contributed by atoms with Crippen LogP contribution in [0.15, 0.2) is 30.3 Å². The Balaban J connectivity index is 2.05. The first-order chi connectivity index (χ1) is 9.65. The van der Waals surface area contributed by atoms with Gasteiger partial charge in [-0.1, -0.05) is 11.6 Å². The molecule has 0 aliphatic rings. The largest absolute Gasteiger partial charge is 0.388 e. The lowest BCUT2D eigenvalue weighted by Crippen LogP contribution is -2.02. The molecule has 2 N–H and O–H groups in total. The van der Waals surface area contributed by atoms with E-state index in [4.69, 9.17) is 16.7 Å². The topological polar surface area (TPSA) is 75.3 Å². The molecule has 7 heteroatoms. The van der Waals surface area contributed by atoms with Crippen molar-refractivity contribution in [2.45, 2.75) is 13.5 Å². The number of aliphatic hydroxyl groups is 1. The number of aliphatic hydroxyl groups excluding tert-OH is 1. The van der Waals surface area contributed by atoms with E-state index in [0.29, 0.717) is 16.6 Å². The molecule has 0 amide bonds. The van der Waals surface area contributed by atoms with Gasteiger partial charge in [-0.05, 0) is 31.2 Å². The van der Waals surface area contributed by atoms with Gasteiger partial charge in [-0.3, -0.25) is 0 Å². The minimum Gasteiger partial charge on any atom is -0.388 e. The van der Waals surface area contributed by atoms with Crippen LogP contribution >= 0.6 is 11.6 Å². The second-order valence-electron chi connectivity index (χ2n) is 4.31. The van der Waals surface area contributed by atoms with Gasteiger partial charge in [0.1, 0.15) is 12.4 Å². The van der Waals surface area contributed by atoms with E-state index in [1.165, 1.54) is 0 Å². The zero-order valence-electron chi connectivity index (χ0n) is 10.7. The minimum atomic E-state index is -0.219. The Hall–Kier alpha value is -2.18. The first kappa shape index (κ1) is 12.8. The Labute approximate surface area is 120 Å². The number of nitrogens with one attached hydrogen (secondary N) is 1. The molecule has 0 radical (unpaired) electrons. The average Bonchev–Trinajstić information content (AvgIpc) is 2.84. The molecule has 0 aliphatic carbocycles. The van der Waals surface area contributed by atoms with Gasteiger partial charge in [0.15, 0.2) is 5.82 Å². The van der Waals surface area contributed by atoms with Gasteiger partial charge in [0.05, 0.1) is 0 Å². The molecular formula is C13H12ClN5O. The van der Waals surface area contributed by atoms with Gasteiger partial charge in [0, 0.05) is 22.5 Å². The van der Waals surface area contributed by atoms with E-state index in [9.17, 15) is 0 Å². The number of nitrogens with zero attached hydrogens (tertiary/aromatic N) is 4. The van der Waals surface area contributed by atoms with Crippen LogP contribution in [0.4, 0.5) is 11.5 Å². The van der Waals surface area contributed by atoms with Crippen LogP contribution in [0.25, 0.3) is 5.78 Å². The van der Waals surface area contributed by atoms with Crippen molar-refractivity contribution in [3.63, 3.8) is 0 Å². The number of aryl methyl sites for hydroxylation is 1. The number of rotatable bonds is 3. The molecule has 20 heavy (non-hydrogen) atoms. The molecule has 6 nitrogen and oxygen atoms in total. The third-order valence-corrected chi connectivity index (χ3v) is 2.99. The minimum absolute atomic E-state index is 0.219. The lowest BCUT2D eigenvalue weighted by molar-refractivity contribution is 0.271. The lowest BCUT2D eigenvalue weighted by atomic mass is 10.3. The molecule has 0 fully saturated rings. The highest BCUT2D eigenvalue weighted by atomic mass is 35.5. The molecular weight excluding hydrogens is 278 g/mol. The zero-order valence-corrected chi connectivity index (χ0v) is 11.5. The van der Waals surface area contributed by atoms with E-state index in [-0.39, 0.29) is 6.61 Å². The van der Waals surface area contributed by atoms with Crippen molar-refractivity contribution in [3.8, 4) is 0 Å². The predicted octanol–water partition coefficient (Wildman–Crippen LogP) is 2.32. The van der Waals surface area contributed by atoms with E-state index in [1.807, 2.05) is 25.1 Å². The Bertz CT molecular complexity index is 753. The van der Waals surface area contributed by atoms with Crippen molar-refractivity contribution in [1.29, 1.82) is 0 Å². The highest BCUT2D eigenvalue weighted by Gasteiger charge is 2.09. The van der Waals surface area contributed by atoms with E-state index >= 15 is 0 Å². The van der Waals surface area contributed by atoms with E-state index < -0.39 is 0 Å². The monoisotopic (exact) mass is 289 g/mol. The maximum Gasteiger partial charge on any atom is 0.254 e. The molecule has 1 aromatic carbocycles. The molecule has 0 spiro atoms. The molecule has 3 rings (SSSR count). The average molecular weight is 290 g/mol. The van der Waals surface area contributed by atoms with Crippen molar-refractivity contribution in [2.75, 3.05) is 5.32 Å². The van der Waals surface area contributed by atoms with Crippen LogP contribution in [0.1, 0.15) is 11.5 Å². The van der Waals surface area contributed by atoms with Gasteiger partial charge in [-0.2, -0.15) is 9.50 Å². The molecule has 2 heterocycles. The normalized spacial score (nSPS) is 10.9. The summed E-state index contributed by atoms with van der Waals surface area (Å²) < 4.78 is 1.56. The number of aromatic nitrogens is 4. The molecule has 102 valence electrons. The van der Waals surface area contributed by atoms with Crippen molar-refractivity contribution >= 4 is 28.9 Å². The first-order valence-corrected chi connectivity index (χ1v) is 6.40. The van der Waals surface area contributed by atoms with Crippen LogP contribution in [-0.2, 0) is 6.61 Å². The van der Waals surface area contributed by atoms with Crippen molar-refractivity contribution in [3.05, 3.63) is 46.9 Å². The van der Waals surface area contributed by atoms with Gasteiger partial charge in [0.25, 0.3) is 5.78 Å². The number of halogens is 1. The van der Waals surface area contributed by atoms with Crippen LogP contribution in [0.5, 0.6) is 0 Å². The first-order valence-electron chi connectivity index (χ1n) is 6.02. The molecule has 0 unspecified atom stereocenters. The SMILES string of the molecule is Cc1cc(Nc2ccc(Cl)cc2)n2nc(CO)nc2n1. The summed E-state index contributed by atoms with van der Waals surface area (Å²) in [6, 6.07) is 9.20. The Morgan fingerprint density at radius 1 is 1.25 bits per heavy atom. The summed E-state index contributed by atoms with van der Waals surface area (Å²) >= 11 is 5.86. The fourth-order valence-corrected chi connectivity index (χ4v) is 1.99.